The Morgan fingerprint density at radius 3 is 2.33 bits per heavy atom. The topological polar surface area (TPSA) is 44.4 Å². The van der Waals surface area contributed by atoms with Crippen LogP contribution in [0.2, 0.25) is 0 Å². The quantitative estimate of drug-likeness (QED) is 0.529. The maximum Gasteiger partial charge on any atom is 0.315 e. The Labute approximate surface area is 166 Å². The molecule has 0 saturated carbocycles. The number of urea groups is 1. The van der Waals surface area contributed by atoms with Crippen molar-refractivity contribution in [2.45, 2.75) is 37.2 Å². The molecule has 144 valence electrons. The summed E-state index contributed by atoms with van der Waals surface area (Å²) in [5.74, 6) is 0.864. The van der Waals surface area contributed by atoms with Gasteiger partial charge in [-0.25, -0.2) is 4.79 Å². The van der Waals surface area contributed by atoms with E-state index in [-0.39, 0.29) is 6.03 Å². The number of hydrogen-bond donors (Lipinski definition) is 2. The second-order valence-electron chi connectivity index (χ2n) is 6.92. The van der Waals surface area contributed by atoms with Crippen molar-refractivity contribution in [2.24, 2.45) is 0 Å². The van der Waals surface area contributed by atoms with E-state index in [1.54, 1.807) is 11.8 Å². The van der Waals surface area contributed by atoms with Gasteiger partial charge in [-0.15, -0.1) is 11.8 Å². The molecular formula is C22H29N3OS. The average molecular weight is 384 g/mol. The predicted octanol–water partition coefficient (Wildman–Crippen LogP) is 4.26. The van der Waals surface area contributed by atoms with Crippen LogP contribution < -0.4 is 10.6 Å². The molecular weight excluding hydrogens is 354 g/mol. The zero-order chi connectivity index (χ0) is 18.7. The van der Waals surface area contributed by atoms with Crippen molar-refractivity contribution in [3.8, 4) is 0 Å². The van der Waals surface area contributed by atoms with Crippen LogP contribution >= 0.6 is 11.8 Å². The maximum absolute atomic E-state index is 11.9. The Kier molecular flexibility index (Phi) is 8.05. The van der Waals surface area contributed by atoms with Gasteiger partial charge in [0.15, 0.2) is 0 Å². The van der Waals surface area contributed by atoms with Crippen LogP contribution in [-0.2, 0) is 13.1 Å². The highest BCUT2D eigenvalue weighted by molar-refractivity contribution is 7.99. The Morgan fingerprint density at radius 1 is 0.889 bits per heavy atom. The Bertz CT molecular complexity index is 684. The van der Waals surface area contributed by atoms with Crippen LogP contribution in [0.15, 0.2) is 59.5 Å². The first-order valence-electron chi connectivity index (χ1n) is 9.79. The molecule has 4 nitrogen and oxygen atoms in total. The van der Waals surface area contributed by atoms with Crippen LogP contribution in [0.1, 0.15) is 30.4 Å². The van der Waals surface area contributed by atoms with Gasteiger partial charge in [-0.05, 0) is 49.2 Å². The van der Waals surface area contributed by atoms with Crippen molar-refractivity contribution in [1.82, 2.24) is 15.5 Å². The van der Waals surface area contributed by atoms with Crippen LogP contribution in [0, 0.1) is 0 Å². The summed E-state index contributed by atoms with van der Waals surface area (Å²) in [4.78, 5) is 15.7. The molecule has 1 aliphatic rings. The maximum atomic E-state index is 11.9. The molecule has 0 radical (unpaired) electrons. The second-order valence-corrected chi connectivity index (χ2v) is 8.09. The van der Waals surface area contributed by atoms with Gasteiger partial charge in [-0.1, -0.05) is 48.9 Å². The van der Waals surface area contributed by atoms with Crippen molar-refractivity contribution >= 4 is 17.8 Å². The van der Waals surface area contributed by atoms with E-state index in [4.69, 9.17) is 0 Å². The monoisotopic (exact) mass is 383 g/mol. The molecule has 0 bridgehead atoms. The van der Waals surface area contributed by atoms with Gasteiger partial charge in [0.25, 0.3) is 0 Å². The Balaban J connectivity index is 1.31. The van der Waals surface area contributed by atoms with Crippen molar-refractivity contribution in [3.05, 3.63) is 65.7 Å². The number of piperidine rings is 1. The summed E-state index contributed by atoms with van der Waals surface area (Å²) < 4.78 is 0. The molecule has 1 saturated heterocycles. The fraction of sp³-hybridized carbons (Fsp3) is 0.409. The molecule has 0 aliphatic carbocycles. The number of amides is 2. The molecule has 1 fully saturated rings. The molecule has 0 spiro atoms. The second kappa shape index (κ2) is 11.0. The molecule has 3 rings (SSSR count). The molecule has 2 amide bonds. The molecule has 5 heteroatoms. The third-order valence-corrected chi connectivity index (χ3v) is 5.74. The van der Waals surface area contributed by atoms with E-state index >= 15 is 0 Å². The van der Waals surface area contributed by atoms with E-state index < -0.39 is 0 Å². The highest BCUT2D eigenvalue weighted by Crippen LogP contribution is 2.16. The molecule has 0 atom stereocenters. The number of thioether (sulfide) groups is 1. The van der Waals surface area contributed by atoms with Gasteiger partial charge in [-0.3, -0.25) is 4.90 Å². The van der Waals surface area contributed by atoms with Crippen molar-refractivity contribution < 1.29 is 4.79 Å². The normalized spacial score (nSPS) is 14.7. The highest BCUT2D eigenvalue weighted by Gasteiger charge is 2.10. The van der Waals surface area contributed by atoms with E-state index in [1.807, 2.05) is 18.2 Å². The van der Waals surface area contributed by atoms with Crippen molar-refractivity contribution in [2.75, 3.05) is 25.4 Å². The van der Waals surface area contributed by atoms with E-state index in [0.717, 1.165) is 17.9 Å². The lowest BCUT2D eigenvalue weighted by Gasteiger charge is -2.26. The summed E-state index contributed by atoms with van der Waals surface area (Å²) in [7, 11) is 0. The molecule has 0 aromatic heterocycles. The number of nitrogens with zero attached hydrogens (tertiary/aromatic N) is 1. The molecule has 2 aromatic rings. The van der Waals surface area contributed by atoms with Gasteiger partial charge in [0, 0.05) is 30.3 Å². The Hall–Kier alpha value is -1.98. The number of benzene rings is 2. The molecule has 2 aromatic carbocycles. The molecule has 0 unspecified atom stereocenters. The van der Waals surface area contributed by atoms with E-state index in [1.165, 1.54) is 42.8 Å². The zero-order valence-corrected chi connectivity index (χ0v) is 16.6. The predicted molar refractivity (Wildman–Crippen MR) is 113 cm³/mol. The number of rotatable bonds is 8. The van der Waals surface area contributed by atoms with Crippen molar-refractivity contribution in [3.63, 3.8) is 0 Å². The first-order valence-corrected chi connectivity index (χ1v) is 10.8. The van der Waals surface area contributed by atoms with Crippen LogP contribution in [0.25, 0.3) is 0 Å². The molecule has 1 aliphatic heterocycles. The molecule has 2 N–H and O–H groups in total. The number of hydrogen-bond acceptors (Lipinski definition) is 3. The minimum atomic E-state index is -0.110. The minimum absolute atomic E-state index is 0.110. The van der Waals surface area contributed by atoms with Crippen LogP contribution in [0.4, 0.5) is 4.79 Å². The summed E-state index contributed by atoms with van der Waals surface area (Å²) in [6.45, 7) is 4.67. The number of nitrogens with one attached hydrogen (secondary N) is 2. The van der Waals surface area contributed by atoms with Crippen molar-refractivity contribution in [1.29, 1.82) is 0 Å². The smallest absolute Gasteiger partial charge is 0.315 e. The highest BCUT2D eigenvalue weighted by atomic mass is 32.2. The molecule has 1 heterocycles. The first kappa shape index (κ1) is 19.8. The zero-order valence-electron chi connectivity index (χ0n) is 15.8. The van der Waals surface area contributed by atoms with Crippen LogP contribution in [-0.4, -0.2) is 36.3 Å². The van der Waals surface area contributed by atoms with Gasteiger partial charge >= 0.3 is 6.03 Å². The number of carbonyl (C=O) groups excluding carboxylic acids is 1. The third kappa shape index (κ3) is 7.27. The standard InChI is InChI=1S/C22H29N3OS/c26-22(23-13-16-27-21-7-3-1-4-8-21)24-17-19-9-11-20(12-10-19)18-25-14-5-2-6-15-25/h1,3-4,7-12H,2,5-6,13-18H2,(H2,23,24,26). The number of carbonyl (C=O) groups is 1. The molecule has 27 heavy (non-hydrogen) atoms. The lowest BCUT2D eigenvalue weighted by Crippen LogP contribution is -2.36. The van der Waals surface area contributed by atoms with Gasteiger partial charge in [0.05, 0.1) is 0 Å². The van der Waals surface area contributed by atoms with Gasteiger partial charge in [0.2, 0.25) is 0 Å². The summed E-state index contributed by atoms with van der Waals surface area (Å²) in [5.41, 5.74) is 2.48. The van der Waals surface area contributed by atoms with Crippen LogP contribution in [0.5, 0.6) is 0 Å². The summed E-state index contributed by atoms with van der Waals surface area (Å²) in [5, 5.41) is 5.84. The van der Waals surface area contributed by atoms with Gasteiger partial charge in [-0.2, -0.15) is 0 Å². The SMILES string of the molecule is O=C(NCCSc1ccccc1)NCc1ccc(CN2CCCCC2)cc1. The summed E-state index contributed by atoms with van der Waals surface area (Å²) >= 11 is 1.75. The third-order valence-electron chi connectivity index (χ3n) is 4.73. The van der Waals surface area contributed by atoms with Crippen LogP contribution in [0.3, 0.4) is 0 Å². The lowest BCUT2D eigenvalue weighted by atomic mass is 10.1. The summed E-state index contributed by atoms with van der Waals surface area (Å²) in [6, 6.07) is 18.7. The summed E-state index contributed by atoms with van der Waals surface area (Å²) in [6.07, 6.45) is 4.01. The average Bonchev–Trinajstić information content (AvgIpc) is 2.72. The fourth-order valence-electron chi connectivity index (χ4n) is 3.23. The lowest BCUT2D eigenvalue weighted by molar-refractivity contribution is 0.221. The van der Waals surface area contributed by atoms with E-state index in [2.05, 4.69) is 51.9 Å². The Morgan fingerprint density at radius 2 is 1.59 bits per heavy atom. The van der Waals surface area contributed by atoms with Gasteiger partial charge in [0.1, 0.15) is 0 Å². The largest absolute Gasteiger partial charge is 0.337 e. The fourth-order valence-corrected chi connectivity index (χ4v) is 4.02. The first-order chi connectivity index (χ1) is 13.3. The van der Waals surface area contributed by atoms with Gasteiger partial charge < -0.3 is 10.6 Å². The minimum Gasteiger partial charge on any atom is -0.337 e. The van der Waals surface area contributed by atoms with E-state index in [0.29, 0.717) is 13.1 Å². The van der Waals surface area contributed by atoms with E-state index in [9.17, 15) is 4.79 Å². The number of likely N-dealkylation sites (tertiary alicyclic amines) is 1.